The van der Waals surface area contributed by atoms with Crippen molar-refractivity contribution in [3.05, 3.63) is 71.4 Å². The number of likely N-dealkylation sites (tertiary alicyclic amines) is 1. The normalized spacial score (nSPS) is 18.7. The van der Waals surface area contributed by atoms with Gasteiger partial charge in [0, 0.05) is 29.8 Å². The van der Waals surface area contributed by atoms with Gasteiger partial charge in [-0.15, -0.1) is 0 Å². The quantitative estimate of drug-likeness (QED) is 0.306. The molecule has 3 N–H and O–H groups in total. The van der Waals surface area contributed by atoms with Gasteiger partial charge in [-0.25, -0.2) is 8.78 Å². The van der Waals surface area contributed by atoms with Gasteiger partial charge in [0.15, 0.2) is 0 Å². The van der Waals surface area contributed by atoms with Gasteiger partial charge in [0.1, 0.15) is 17.4 Å². The SMILES string of the molecule is COc1ccc2nccc(C(CC[C@@H]3CCN(CC#Cc4cc(F)cc(F)c4)C[C@@H]3C(=O)O)NO)c2c1. The molecule has 4 rings (SSSR count). The number of aromatic nitrogens is 1. The minimum absolute atomic E-state index is 0.0717. The van der Waals surface area contributed by atoms with Crippen LogP contribution in [0.4, 0.5) is 8.78 Å². The fourth-order valence-corrected chi connectivity index (χ4v) is 4.96. The molecular weight excluding hydrogens is 480 g/mol. The summed E-state index contributed by atoms with van der Waals surface area (Å²) in [6, 6.07) is 10.1. The van der Waals surface area contributed by atoms with Gasteiger partial charge in [0.25, 0.3) is 0 Å². The van der Waals surface area contributed by atoms with Gasteiger partial charge in [0.05, 0.1) is 31.1 Å². The van der Waals surface area contributed by atoms with E-state index in [-0.39, 0.29) is 11.5 Å². The van der Waals surface area contributed by atoms with Crippen molar-refractivity contribution in [1.82, 2.24) is 15.4 Å². The minimum Gasteiger partial charge on any atom is -0.497 e. The van der Waals surface area contributed by atoms with Crippen molar-refractivity contribution in [2.75, 3.05) is 26.7 Å². The Bertz CT molecular complexity index is 1300. The molecule has 0 aliphatic carbocycles. The van der Waals surface area contributed by atoms with E-state index in [1.807, 2.05) is 29.2 Å². The summed E-state index contributed by atoms with van der Waals surface area (Å²) in [5.74, 6) is 3.42. The summed E-state index contributed by atoms with van der Waals surface area (Å²) in [7, 11) is 1.59. The van der Waals surface area contributed by atoms with E-state index in [1.54, 1.807) is 13.3 Å². The molecule has 1 aliphatic rings. The number of nitrogens with one attached hydrogen (secondary N) is 1. The topological polar surface area (TPSA) is 94.9 Å². The van der Waals surface area contributed by atoms with Crippen LogP contribution in [0.25, 0.3) is 10.9 Å². The molecule has 1 saturated heterocycles. The Kier molecular flexibility index (Phi) is 8.66. The number of piperidine rings is 1. The Morgan fingerprint density at radius 2 is 2.03 bits per heavy atom. The number of benzene rings is 2. The molecule has 2 heterocycles. The molecule has 0 saturated carbocycles. The van der Waals surface area contributed by atoms with Crippen LogP contribution in [-0.2, 0) is 4.79 Å². The lowest BCUT2D eigenvalue weighted by atomic mass is 9.81. The molecule has 194 valence electrons. The first-order chi connectivity index (χ1) is 17.9. The van der Waals surface area contributed by atoms with Crippen LogP contribution in [0.2, 0.25) is 0 Å². The molecule has 3 aromatic rings. The number of aliphatic carboxylic acids is 1. The molecule has 7 nitrogen and oxygen atoms in total. The lowest BCUT2D eigenvalue weighted by molar-refractivity contribution is -0.146. The molecule has 1 aliphatic heterocycles. The molecular formula is C28H29F2N3O4. The number of halogens is 2. The van der Waals surface area contributed by atoms with Gasteiger partial charge >= 0.3 is 5.97 Å². The van der Waals surface area contributed by atoms with Crippen molar-refractivity contribution >= 4 is 16.9 Å². The largest absolute Gasteiger partial charge is 0.497 e. The van der Waals surface area contributed by atoms with Crippen LogP contribution in [-0.4, -0.2) is 52.9 Å². The highest BCUT2D eigenvalue weighted by atomic mass is 19.1. The number of carboxylic acids is 1. The average molecular weight is 510 g/mol. The van der Waals surface area contributed by atoms with Crippen molar-refractivity contribution in [1.29, 1.82) is 0 Å². The van der Waals surface area contributed by atoms with Crippen molar-refractivity contribution in [2.45, 2.75) is 25.3 Å². The second kappa shape index (κ2) is 12.1. The van der Waals surface area contributed by atoms with E-state index in [9.17, 15) is 23.9 Å². The molecule has 0 radical (unpaired) electrons. The third-order valence-corrected chi connectivity index (χ3v) is 6.90. The molecule has 0 spiro atoms. The van der Waals surface area contributed by atoms with Gasteiger partial charge in [-0.2, -0.15) is 5.48 Å². The first kappa shape index (κ1) is 26.5. The zero-order valence-corrected chi connectivity index (χ0v) is 20.5. The van der Waals surface area contributed by atoms with E-state index in [2.05, 4.69) is 22.3 Å². The summed E-state index contributed by atoms with van der Waals surface area (Å²) in [6.07, 6.45) is 3.49. The third kappa shape index (κ3) is 6.60. The average Bonchev–Trinajstić information content (AvgIpc) is 2.88. The van der Waals surface area contributed by atoms with E-state index in [1.165, 1.54) is 0 Å². The molecule has 1 fully saturated rings. The van der Waals surface area contributed by atoms with Crippen molar-refractivity contribution in [3.63, 3.8) is 0 Å². The van der Waals surface area contributed by atoms with Crippen molar-refractivity contribution < 1.29 is 28.6 Å². The smallest absolute Gasteiger partial charge is 0.308 e. The standard InChI is InChI=1S/C28H29F2N3O4/c1-37-22-5-7-26-24(16-22)23(8-10-31-26)27(32-36)6-4-19-9-12-33(17-25(19)28(34)35)11-2-3-18-13-20(29)15-21(30)14-18/h5,7-8,10,13-16,19,25,27,32,36H,4,6,9,11-12,17H2,1H3,(H,34,35)/t19-,25+,27?/m1/s1. The van der Waals surface area contributed by atoms with E-state index in [0.29, 0.717) is 44.6 Å². The fourth-order valence-electron chi connectivity index (χ4n) is 4.96. The highest BCUT2D eigenvalue weighted by molar-refractivity contribution is 5.84. The number of hydrogen-bond donors (Lipinski definition) is 3. The Hall–Kier alpha value is -3.58. The Balaban J connectivity index is 1.41. The van der Waals surface area contributed by atoms with Crippen LogP contribution in [0.3, 0.4) is 0 Å². The summed E-state index contributed by atoms with van der Waals surface area (Å²) >= 11 is 0. The van der Waals surface area contributed by atoms with Crippen LogP contribution in [0.1, 0.15) is 36.4 Å². The number of carbonyl (C=O) groups is 1. The molecule has 37 heavy (non-hydrogen) atoms. The number of nitrogens with zero attached hydrogens (tertiary/aromatic N) is 2. The summed E-state index contributed by atoms with van der Waals surface area (Å²) in [5.41, 5.74) is 4.27. The highest BCUT2D eigenvalue weighted by Crippen LogP contribution is 2.33. The third-order valence-electron chi connectivity index (χ3n) is 6.90. The van der Waals surface area contributed by atoms with E-state index < -0.39 is 29.6 Å². The lowest BCUT2D eigenvalue weighted by Gasteiger charge is -2.36. The Morgan fingerprint density at radius 3 is 2.73 bits per heavy atom. The summed E-state index contributed by atoms with van der Waals surface area (Å²) in [5, 5.41) is 20.7. The van der Waals surface area contributed by atoms with Crippen LogP contribution in [0.5, 0.6) is 5.75 Å². The number of rotatable bonds is 8. The summed E-state index contributed by atoms with van der Waals surface area (Å²) in [4.78, 5) is 18.4. The van der Waals surface area contributed by atoms with Gasteiger partial charge < -0.3 is 15.1 Å². The molecule has 3 atom stereocenters. The number of methoxy groups -OCH3 is 1. The van der Waals surface area contributed by atoms with Crippen LogP contribution < -0.4 is 10.2 Å². The number of carboxylic acid groups (broad SMARTS) is 1. The van der Waals surface area contributed by atoms with Crippen LogP contribution >= 0.6 is 0 Å². The predicted octanol–water partition coefficient (Wildman–Crippen LogP) is 4.40. The Morgan fingerprint density at radius 1 is 1.24 bits per heavy atom. The van der Waals surface area contributed by atoms with Crippen LogP contribution in [0, 0.1) is 35.3 Å². The monoisotopic (exact) mass is 509 g/mol. The zero-order valence-electron chi connectivity index (χ0n) is 20.5. The van der Waals surface area contributed by atoms with Gasteiger partial charge in [0.2, 0.25) is 0 Å². The van der Waals surface area contributed by atoms with Gasteiger partial charge in [-0.05, 0) is 73.7 Å². The molecule has 0 amide bonds. The second-order valence-electron chi connectivity index (χ2n) is 9.23. The molecule has 0 bridgehead atoms. The fraction of sp³-hybridized carbons (Fsp3) is 0.357. The maximum atomic E-state index is 13.4. The van der Waals surface area contributed by atoms with Crippen molar-refractivity contribution in [3.8, 4) is 17.6 Å². The maximum absolute atomic E-state index is 13.4. The predicted molar refractivity (Wildman–Crippen MR) is 134 cm³/mol. The number of fused-ring (bicyclic) bond motifs is 1. The summed E-state index contributed by atoms with van der Waals surface area (Å²) in [6.45, 7) is 1.30. The minimum atomic E-state index is -0.873. The van der Waals surface area contributed by atoms with Gasteiger partial charge in [-0.1, -0.05) is 11.8 Å². The Labute approximate surface area is 214 Å². The maximum Gasteiger partial charge on any atom is 0.308 e. The molecule has 1 aromatic heterocycles. The molecule has 2 aromatic carbocycles. The van der Waals surface area contributed by atoms with E-state index >= 15 is 0 Å². The van der Waals surface area contributed by atoms with Crippen molar-refractivity contribution in [2.24, 2.45) is 11.8 Å². The molecule has 9 heteroatoms. The first-order valence-electron chi connectivity index (χ1n) is 12.1. The summed E-state index contributed by atoms with van der Waals surface area (Å²) < 4.78 is 32.0. The number of ether oxygens (including phenoxy) is 1. The number of pyridine rings is 1. The zero-order chi connectivity index (χ0) is 26.4. The first-order valence-corrected chi connectivity index (χ1v) is 12.1. The lowest BCUT2D eigenvalue weighted by Crippen LogP contribution is -2.44. The van der Waals surface area contributed by atoms with Crippen LogP contribution in [0.15, 0.2) is 48.7 Å². The van der Waals surface area contributed by atoms with E-state index in [0.717, 1.165) is 34.7 Å². The molecule has 1 unspecified atom stereocenters. The highest BCUT2D eigenvalue weighted by Gasteiger charge is 2.34. The number of hydroxylamine groups is 1. The number of hydrogen-bond acceptors (Lipinski definition) is 6. The second-order valence-corrected chi connectivity index (χ2v) is 9.23. The van der Waals surface area contributed by atoms with E-state index in [4.69, 9.17) is 4.74 Å². The van der Waals surface area contributed by atoms with Gasteiger partial charge in [-0.3, -0.25) is 14.7 Å².